The molecule has 0 aliphatic rings. The molecule has 0 unspecified atom stereocenters. The van der Waals surface area contributed by atoms with E-state index in [9.17, 15) is 0 Å². The van der Waals surface area contributed by atoms with Crippen LogP contribution in [0.15, 0.2) is 18.5 Å². The molecule has 50 valence electrons. The number of nitrogens with zero attached hydrogens (tertiary/aromatic N) is 2. The fourth-order valence-corrected chi connectivity index (χ4v) is 0.927. The van der Waals surface area contributed by atoms with Gasteiger partial charge in [0.25, 0.3) is 0 Å². The van der Waals surface area contributed by atoms with Crippen LogP contribution in [0.3, 0.4) is 0 Å². The molecule has 10 heavy (non-hydrogen) atoms. The van der Waals surface area contributed by atoms with E-state index in [4.69, 9.17) is 0 Å². The molecule has 0 fully saturated rings. The van der Waals surface area contributed by atoms with E-state index >= 15 is 0 Å². The van der Waals surface area contributed by atoms with Crippen LogP contribution in [0.2, 0.25) is 0 Å². The lowest BCUT2D eigenvalue weighted by molar-refractivity contribution is 1.08. The van der Waals surface area contributed by atoms with Gasteiger partial charge in [0.05, 0.1) is 0 Å². The van der Waals surface area contributed by atoms with Gasteiger partial charge in [-0.2, -0.15) is 0 Å². The Morgan fingerprint density at radius 2 is 2.40 bits per heavy atom. The molecule has 0 amide bonds. The number of aromatic nitrogens is 3. The zero-order valence-corrected chi connectivity index (χ0v) is 5.63. The maximum Gasteiger partial charge on any atom is 0.140 e. The van der Waals surface area contributed by atoms with Crippen LogP contribution < -0.4 is 0 Å². The summed E-state index contributed by atoms with van der Waals surface area (Å²) in [4.78, 5) is 11.2. The Morgan fingerprint density at radius 1 is 1.50 bits per heavy atom. The number of hydrogen-bond donors (Lipinski definition) is 1. The van der Waals surface area contributed by atoms with Crippen molar-refractivity contribution < 1.29 is 0 Å². The summed E-state index contributed by atoms with van der Waals surface area (Å²) >= 11 is 0. The molecule has 0 saturated heterocycles. The van der Waals surface area contributed by atoms with Crippen molar-refractivity contribution in [3.63, 3.8) is 0 Å². The van der Waals surface area contributed by atoms with Crippen molar-refractivity contribution in [1.29, 1.82) is 0 Å². The summed E-state index contributed by atoms with van der Waals surface area (Å²) in [5, 5.41) is 1.06. The summed E-state index contributed by atoms with van der Waals surface area (Å²) < 4.78 is 0. The zero-order valence-electron chi connectivity index (χ0n) is 5.63. The molecule has 3 nitrogen and oxygen atoms in total. The molecule has 0 aromatic carbocycles. The van der Waals surface area contributed by atoms with Gasteiger partial charge in [-0.05, 0) is 13.0 Å². The number of aromatic amines is 1. The number of H-pyrrole nitrogens is 1. The molecule has 0 aliphatic heterocycles. The minimum Gasteiger partial charge on any atom is -0.346 e. The summed E-state index contributed by atoms with van der Waals surface area (Å²) in [6.07, 6.45) is 3.67. The van der Waals surface area contributed by atoms with E-state index in [2.05, 4.69) is 15.0 Å². The summed E-state index contributed by atoms with van der Waals surface area (Å²) in [6, 6.07) is 1.95. The van der Waals surface area contributed by atoms with Crippen LogP contribution in [0.1, 0.15) is 5.82 Å². The smallest absolute Gasteiger partial charge is 0.140 e. The van der Waals surface area contributed by atoms with E-state index < -0.39 is 0 Å². The molecule has 0 saturated carbocycles. The van der Waals surface area contributed by atoms with Gasteiger partial charge in [-0.15, -0.1) is 0 Å². The fraction of sp³-hybridized carbons (Fsp3) is 0.143. The predicted octanol–water partition coefficient (Wildman–Crippen LogP) is 1.27. The number of fused-ring (bicyclic) bond motifs is 1. The van der Waals surface area contributed by atoms with Gasteiger partial charge in [0.15, 0.2) is 0 Å². The van der Waals surface area contributed by atoms with E-state index in [0.29, 0.717) is 0 Å². The zero-order chi connectivity index (χ0) is 6.97. The minimum atomic E-state index is 0.801. The van der Waals surface area contributed by atoms with Gasteiger partial charge in [-0.3, -0.25) is 0 Å². The molecule has 0 aliphatic carbocycles. The van der Waals surface area contributed by atoms with Crippen LogP contribution >= 0.6 is 0 Å². The highest BCUT2D eigenvalue weighted by Gasteiger charge is 1.93. The molecule has 2 rings (SSSR count). The second kappa shape index (κ2) is 1.80. The maximum atomic E-state index is 4.17. The van der Waals surface area contributed by atoms with Crippen LogP contribution in [-0.4, -0.2) is 15.0 Å². The van der Waals surface area contributed by atoms with Crippen molar-refractivity contribution in [2.24, 2.45) is 0 Å². The Kier molecular flexibility index (Phi) is 0.974. The lowest BCUT2D eigenvalue weighted by atomic mass is 10.4. The molecular weight excluding hydrogens is 126 g/mol. The van der Waals surface area contributed by atoms with Gasteiger partial charge >= 0.3 is 0 Å². The second-order valence-corrected chi connectivity index (χ2v) is 2.20. The molecular formula is C7H7N3. The SMILES string of the molecule is Cc1ncc2cc[nH]c2n1. The highest BCUT2D eigenvalue weighted by atomic mass is 14.9. The van der Waals surface area contributed by atoms with Gasteiger partial charge in [-0.1, -0.05) is 0 Å². The van der Waals surface area contributed by atoms with E-state index in [0.717, 1.165) is 16.9 Å². The molecule has 1 N–H and O–H groups in total. The number of hydrogen-bond acceptors (Lipinski definition) is 2. The Labute approximate surface area is 58.1 Å². The Bertz CT molecular complexity index is 350. The molecule has 0 radical (unpaired) electrons. The summed E-state index contributed by atoms with van der Waals surface area (Å²) in [5.41, 5.74) is 0.910. The number of aryl methyl sites for hydroxylation is 1. The van der Waals surface area contributed by atoms with E-state index in [1.54, 1.807) is 0 Å². The second-order valence-electron chi connectivity index (χ2n) is 2.20. The summed E-state index contributed by atoms with van der Waals surface area (Å²) in [7, 11) is 0. The fourth-order valence-electron chi connectivity index (χ4n) is 0.927. The first-order chi connectivity index (χ1) is 4.86. The van der Waals surface area contributed by atoms with Gasteiger partial charge in [0, 0.05) is 17.8 Å². The molecule has 2 aromatic heterocycles. The minimum absolute atomic E-state index is 0.801. The average Bonchev–Trinajstić information content (AvgIpc) is 2.33. The first kappa shape index (κ1) is 5.41. The molecule has 2 aromatic rings. The summed E-state index contributed by atoms with van der Waals surface area (Å²) in [6.45, 7) is 1.88. The molecule has 0 bridgehead atoms. The van der Waals surface area contributed by atoms with Crippen molar-refractivity contribution >= 4 is 11.0 Å². The highest BCUT2D eigenvalue weighted by molar-refractivity contribution is 5.73. The molecule has 0 atom stereocenters. The van der Waals surface area contributed by atoms with Crippen molar-refractivity contribution in [1.82, 2.24) is 15.0 Å². The van der Waals surface area contributed by atoms with Crippen LogP contribution in [0.5, 0.6) is 0 Å². The largest absolute Gasteiger partial charge is 0.346 e. The third-order valence-corrected chi connectivity index (χ3v) is 1.42. The Morgan fingerprint density at radius 3 is 3.30 bits per heavy atom. The van der Waals surface area contributed by atoms with Crippen LogP contribution in [0.25, 0.3) is 11.0 Å². The number of rotatable bonds is 0. The lowest BCUT2D eigenvalue weighted by Gasteiger charge is -1.88. The first-order valence-electron chi connectivity index (χ1n) is 3.13. The van der Waals surface area contributed by atoms with Crippen molar-refractivity contribution in [3.05, 3.63) is 24.3 Å². The normalized spacial score (nSPS) is 10.5. The van der Waals surface area contributed by atoms with Crippen molar-refractivity contribution in [3.8, 4) is 0 Å². The van der Waals surface area contributed by atoms with Crippen LogP contribution in [-0.2, 0) is 0 Å². The quantitative estimate of drug-likeness (QED) is 0.588. The van der Waals surface area contributed by atoms with Crippen LogP contribution in [0, 0.1) is 6.92 Å². The van der Waals surface area contributed by atoms with E-state index in [1.165, 1.54) is 0 Å². The standard InChI is InChI=1S/C7H7N3/c1-5-9-4-6-2-3-8-7(6)10-5/h2-4H,1H3,(H,8,9,10). The topological polar surface area (TPSA) is 41.6 Å². The van der Waals surface area contributed by atoms with Gasteiger partial charge in [-0.25, -0.2) is 9.97 Å². The number of nitrogens with one attached hydrogen (secondary N) is 1. The first-order valence-corrected chi connectivity index (χ1v) is 3.13. The Balaban J connectivity index is 2.86. The molecule has 3 heteroatoms. The van der Waals surface area contributed by atoms with Crippen LogP contribution in [0.4, 0.5) is 0 Å². The molecule has 2 heterocycles. The molecule has 0 spiro atoms. The Hall–Kier alpha value is -1.38. The van der Waals surface area contributed by atoms with Crippen molar-refractivity contribution in [2.45, 2.75) is 6.92 Å². The van der Waals surface area contributed by atoms with Gasteiger partial charge in [0.1, 0.15) is 11.5 Å². The average molecular weight is 133 g/mol. The third-order valence-electron chi connectivity index (χ3n) is 1.42. The van der Waals surface area contributed by atoms with E-state index in [1.807, 2.05) is 25.4 Å². The third kappa shape index (κ3) is 0.673. The maximum absolute atomic E-state index is 4.17. The summed E-state index contributed by atoms with van der Waals surface area (Å²) in [5.74, 6) is 0.801. The van der Waals surface area contributed by atoms with Gasteiger partial charge in [0.2, 0.25) is 0 Å². The monoisotopic (exact) mass is 133 g/mol. The van der Waals surface area contributed by atoms with Gasteiger partial charge < -0.3 is 4.98 Å². The van der Waals surface area contributed by atoms with Crippen molar-refractivity contribution in [2.75, 3.05) is 0 Å². The predicted molar refractivity (Wildman–Crippen MR) is 38.6 cm³/mol. The lowest BCUT2D eigenvalue weighted by Crippen LogP contribution is -1.85. The highest BCUT2D eigenvalue weighted by Crippen LogP contribution is 2.06. The van der Waals surface area contributed by atoms with E-state index in [-0.39, 0.29) is 0 Å².